The molecule has 4 heteroatoms. The highest BCUT2D eigenvalue weighted by Gasteiger charge is 2.17. The molecular weight excluding hydrogens is 292 g/mol. The maximum Gasteiger partial charge on any atom is 0.212 e. The summed E-state index contributed by atoms with van der Waals surface area (Å²) in [4.78, 5) is 12.5. The molecular formula is C14H15BrN2O. The van der Waals surface area contributed by atoms with Crippen molar-refractivity contribution in [1.29, 1.82) is 0 Å². The van der Waals surface area contributed by atoms with Gasteiger partial charge in [-0.2, -0.15) is 5.10 Å². The van der Waals surface area contributed by atoms with Gasteiger partial charge in [-0.05, 0) is 47.0 Å². The molecule has 94 valence electrons. The average Bonchev–Trinajstić information content (AvgIpc) is 2.80. The lowest BCUT2D eigenvalue weighted by Crippen LogP contribution is -2.12. The summed E-state index contributed by atoms with van der Waals surface area (Å²) in [5.74, 6) is 0.0107. The standard InChI is InChI=1S/C14H15BrN2O/c1-3-9-17-12(7-8-16-17)14(18)11-6-4-5-10(2)13(11)15/h4-8H,3,9H2,1-2H3. The van der Waals surface area contributed by atoms with Crippen LogP contribution in [0.15, 0.2) is 34.9 Å². The molecule has 0 saturated heterocycles. The third kappa shape index (κ3) is 2.38. The van der Waals surface area contributed by atoms with Crippen LogP contribution in [0.2, 0.25) is 0 Å². The zero-order valence-electron chi connectivity index (χ0n) is 10.5. The molecule has 0 atom stereocenters. The largest absolute Gasteiger partial charge is 0.287 e. The van der Waals surface area contributed by atoms with Crippen LogP contribution in [0.5, 0.6) is 0 Å². The monoisotopic (exact) mass is 306 g/mol. The molecule has 0 radical (unpaired) electrons. The second-order valence-electron chi connectivity index (χ2n) is 4.21. The predicted molar refractivity (Wildman–Crippen MR) is 74.8 cm³/mol. The minimum atomic E-state index is 0.0107. The van der Waals surface area contributed by atoms with Gasteiger partial charge in [0.1, 0.15) is 5.69 Å². The third-order valence-electron chi connectivity index (χ3n) is 2.82. The molecule has 0 saturated carbocycles. The number of nitrogens with zero attached hydrogens (tertiary/aromatic N) is 2. The van der Waals surface area contributed by atoms with Gasteiger partial charge in [0.2, 0.25) is 5.78 Å². The molecule has 2 rings (SSSR count). The summed E-state index contributed by atoms with van der Waals surface area (Å²) in [7, 11) is 0. The number of aryl methyl sites for hydroxylation is 2. The Morgan fingerprint density at radius 1 is 1.39 bits per heavy atom. The first-order valence-corrected chi connectivity index (χ1v) is 6.76. The molecule has 0 bridgehead atoms. The molecule has 0 aliphatic heterocycles. The third-order valence-corrected chi connectivity index (χ3v) is 3.87. The quantitative estimate of drug-likeness (QED) is 0.809. The average molecular weight is 307 g/mol. The van der Waals surface area contributed by atoms with Gasteiger partial charge in [-0.3, -0.25) is 9.48 Å². The van der Waals surface area contributed by atoms with E-state index in [9.17, 15) is 4.79 Å². The van der Waals surface area contributed by atoms with Crippen LogP contribution in [0.3, 0.4) is 0 Å². The van der Waals surface area contributed by atoms with Crippen LogP contribution >= 0.6 is 15.9 Å². The highest BCUT2D eigenvalue weighted by Crippen LogP contribution is 2.23. The Balaban J connectivity index is 2.42. The van der Waals surface area contributed by atoms with Crippen LogP contribution in [0, 0.1) is 6.92 Å². The van der Waals surface area contributed by atoms with Gasteiger partial charge in [-0.15, -0.1) is 0 Å². The van der Waals surface area contributed by atoms with E-state index in [1.165, 1.54) is 0 Å². The molecule has 0 aliphatic carbocycles. The van der Waals surface area contributed by atoms with E-state index in [1.54, 1.807) is 16.9 Å². The first kappa shape index (κ1) is 13.0. The summed E-state index contributed by atoms with van der Waals surface area (Å²) in [6.45, 7) is 4.81. The van der Waals surface area contributed by atoms with Gasteiger partial charge in [0, 0.05) is 22.8 Å². The smallest absolute Gasteiger partial charge is 0.212 e. The number of hydrogen-bond donors (Lipinski definition) is 0. The van der Waals surface area contributed by atoms with E-state index in [1.807, 2.05) is 25.1 Å². The maximum atomic E-state index is 12.5. The SMILES string of the molecule is CCCn1nccc1C(=O)c1cccc(C)c1Br. The molecule has 0 spiro atoms. The van der Waals surface area contributed by atoms with Crippen LogP contribution in [-0.2, 0) is 6.54 Å². The number of aromatic nitrogens is 2. The van der Waals surface area contributed by atoms with E-state index < -0.39 is 0 Å². The van der Waals surface area contributed by atoms with Crippen LogP contribution < -0.4 is 0 Å². The Morgan fingerprint density at radius 2 is 2.17 bits per heavy atom. The molecule has 0 fully saturated rings. The zero-order valence-corrected chi connectivity index (χ0v) is 12.1. The Morgan fingerprint density at radius 3 is 2.89 bits per heavy atom. The second-order valence-corrected chi connectivity index (χ2v) is 5.00. The number of carbonyl (C=O) groups is 1. The van der Waals surface area contributed by atoms with Crippen molar-refractivity contribution < 1.29 is 4.79 Å². The summed E-state index contributed by atoms with van der Waals surface area (Å²) in [5.41, 5.74) is 2.39. The van der Waals surface area contributed by atoms with Crippen molar-refractivity contribution in [3.63, 3.8) is 0 Å². The van der Waals surface area contributed by atoms with E-state index in [4.69, 9.17) is 0 Å². The van der Waals surface area contributed by atoms with Crippen molar-refractivity contribution in [2.24, 2.45) is 0 Å². The van der Waals surface area contributed by atoms with E-state index in [2.05, 4.69) is 28.0 Å². The van der Waals surface area contributed by atoms with Crippen molar-refractivity contribution in [3.05, 3.63) is 51.8 Å². The second kappa shape index (κ2) is 5.48. The van der Waals surface area contributed by atoms with E-state index in [0.717, 1.165) is 23.0 Å². The van der Waals surface area contributed by atoms with E-state index >= 15 is 0 Å². The summed E-state index contributed by atoms with van der Waals surface area (Å²) < 4.78 is 2.62. The first-order chi connectivity index (χ1) is 8.65. The van der Waals surface area contributed by atoms with Crippen LogP contribution in [-0.4, -0.2) is 15.6 Å². The molecule has 0 unspecified atom stereocenters. The minimum Gasteiger partial charge on any atom is -0.287 e. The van der Waals surface area contributed by atoms with Gasteiger partial charge in [0.05, 0.1) is 0 Å². The van der Waals surface area contributed by atoms with Crippen molar-refractivity contribution in [2.45, 2.75) is 26.8 Å². The maximum absolute atomic E-state index is 12.5. The molecule has 2 aromatic rings. The van der Waals surface area contributed by atoms with Crippen molar-refractivity contribution >= 4 is 21.7 Å². The highest BCUT2D eigenvalue weighted by molar-refractivity contribution is 9.10. The summed E-state index contributed by atoms with van der Waals surface area (Å²) in [6.07, 6.45) is 2.63. The fourth-order valence-electron chi connectivity index (χ4n) is 1.88. The summed E-state index contributed by atoms with van der Waals surface area (Å²) >= 11 is 3.48. The van der Waals surface area contributed by atoms with Crippen molar-refractivity contribution in [1.82, 2.24) is 9.78 Å². The number of benzene rings is 1. The predicted octanol–water partition coefficient (Wildman–Crippen LogP) is 3.60. The minimum absolute atomic E-state index is 0.0107. The lowest BCUT2D eigenvalue weighted by atomic mass is 10.1. The number of carbonyl (C=O) groups excluding carboxylic acids is 1. The van der Waals surface area contributed by atoms with Crippen molar-refractivity contribution in [3.8, 4) is 0 Å². The van der Waals surface area contributed by atoms with Crippen LogP contribution in [0.25, 0.3) is 0 Å². The fourth-order valence-corrected chi connectivity index (χ4v) is 2.32. The number of halogens is 1. The first-order valence-electron chi connectivity index (χ1n) is 5.96. The van der Waals surface area contributed by atoms with E-state index in [-0.39, 0.29) is 5.78 Å². The highest BCUT2D eigenvalue weighted by atomic mass is 79.9. The molecule has 1 aromatic carbocycles. The molecule has 1 heterocycles. The molecule has 0 amide bonds. The summed E-state index contributed by atoms with van der Waals surface area (Å²) in [6, 6.07) is 7.48. The Hall–Kier alpha value is -1.42. The molecule has 0 N–H and O–H groups in total. The van der Waals surface area contributed by atoms with Crippen LogP contribution in [0.4, 0.5) is 0 Å². The van der Waals surface area contributed by atoms with Gasteiger partial charge in [0.15, 0.2) is 0 Å². The topological polar surface area (TPSA) is 34.9 Å². The normalized spacial score (nSPS) is 10.6. The fraction of sp³-hybridized carbons (Fsp3) is 0.286. The lowest BCUT2D eigenvalue weighted by molar-refractivity contribution is 0.102. The van der Waals surface area contributed by atoms with E-state index in [0.29, 0.717) is 11.3 Å². The Labute approximate surface area is 115 Å². The Bertz CT molecular complexity index is 575. The number of hydrogen-bond acceptors (Lipinski definition) is 2. The van der Waals surface area contributed by atoms with Gasteiger partial charge in [-0.25, -0.2) is 0 Å². The number of rotatable bonds is 4. The molecule has 1 aromatic heterocycles. The molecule has 18 heavy (non-hydrogen) atoms. The van der Waals surface area contributed by atoms with Crippen LogP contribution in [0.1, 0.15) is 35.0 Å². The summed E-state index contributed by atoms with van der Waals surface area (Å²) in [5, 5.41) is 4.19. The Kier molecular flexibility index (Phi) is 3.97. The van der Waals surface area contributed by atoms with Gasteiger partial charge in [0.25, 0.3) is 0 Å². The molecule has 3 nitrogen and oxygen atoms in total. The van der Waals surface area contributed by atoms with Gasteiger partial charge in [-0.1, -0.05) is 19.1 Å². The van der Waals surface area contributed by atoms with Crippen molar-refractivity contribution in [2.75, 3.05) is 0 Å². The molecule has 0 aliphatic rings. The lowest BCUT2D eigenvalue weighted by Gasteiger charge is -2.08. The zero-order chi connectivity index (χ0) is 13.1. The number of ketones is 1. The van der Waals surface area contributed by atoms with Gasteiger partial charge < -0.3 is 0 Å². The van der Waals surface area contributed by atoms with Gasteiger partial charge >= 0.3 is 0 Å².